The summed E-state index contributed by atoms with van der Waals surface area (Å²) in [5.74, 6) is 0. The summed E-state index contributed by atoms with van der Waals surface area (Å²) >= 11 is 0. The van der Waals surface area contributed by atoms with Crippen molar-refractivity contribution in [3.63, 3.8) is 0 Å². The van der Waals surface area contributed by atoms with Crippen molar-refractivity contribution in [2.75, 3.05) is 13.1 Å². The molecule has 1 aliphatic heterocycles. The highest BCUT2D eigenvalue weighted by atomic mass is 16.6. The maximum absolute atomic E-state index is 12.0. The number of hydrogen-bond donors (Lipinski definition) is 1. The summed E-state index contributed by atoms with van der Waals surface area (Å²) in [5.41, 5.74) is 0.461. The Bertz CT molecular complexity index is 472. The maximum atomic E-state index is 12.0. The Labute approximate surface area is 125 Å². The molecular formula is C15H24N4O2. The number of rotatable bonds is 3. The number of carbonyl (C=O) groups excluding carboxylic acids is 1. The van der Waals surface area contributed by atoms with Gasteiger partial charge in [0.25, 0.3) is 0 Å². The Morgan fingerprint density at radius 1 is 1.48 bits per heavy atom. The first-order valence-electron chi connectivity index (χ1n) is 7.35. The topological polar surface area (TPSA) is 67.4 Å². The number of amides is 1. The molecule has 1 saturated heterocycles. The second kappa shape index (κ2) is 6.39. The van der Waals surface area contributed by atoms with Gasteiger partial charge >= 0.3 is 6.09 Å². The minimum Gasteiger partial charge on any atom is -0.444 e. The molecule has 6 nitrogen and oxygen atoms in total. The zero-order chi connectivity index (χ0) is 15.5. The van der Waals surface area contributed by atoms with Crippen molar-refractivity contribution < 1.29 is 9.53 Å². The van der Waals surface area contributed by atoms with Crippen LogP contribution in [0.3, 0.4) is 0 Å². The third-order valence-electron chi connectivity index (χ3n) is 3.35. The van der Waals surface area contributed by atoms with Gasteiger partial charge in [0.2, 0.25) is 0 Å². The highest BCUT2D eigenvalue weighted by Crippen LogP contribution is 2.17. The van der Waals surface area contributed by atoms with Gasteiger partial charge in [0, 0.05) is 43.8 Å². The van der Waals surface area contributed by atoms with Crippen LogP contribution in [0.2, 0.25) is 0 Å². The van der Waals surface area contributed by atoms with E-state index in [0.29, 0.717) is 6.54 Å². The second-order valence-electron chi connectivity index (χ2n) is 6.43. The third kappa shape index (κ3) is 4.67. The summed E-state index contributed by atoms with van der Waals surface area (Å²) in [6, 6.07) is 0.372. The lowest BCUT2D eigenvalue weighted by Gasteiger charge is -2.25. The summed E-state index contributed by atoms with van der Waals surface area (Å²) in [7, 11) is 0. The molecule has 6 heteroatoms. The summed E-state index contributed by atoms with van der Waals surface area (Å²) in [5, 5.41) is 3.49. The Morgan fingerprint density at radius 3 is 2.86 bits per heavy atom. The van der Waals surface area contributed by atoms with Crippen LogP contribution in [0, 0.1) is 0 Å². The van der Waals surface area contributed by atoms with Gasteiger partial charge in [0.05, 0.1) is 5.69 Å². The zero-order valence-corrected chi connectivity index (χ0v) is 13.2. The number of carbonyl (C=O) groups is 1. The number of nitrogens with one attached hydrogen (secondary N) is 1. The first-order chi connectivity index (χ1) is 9.85. The molecule has 1 aromatic heterocycles. The van der Waals surface area contributed by atoms with Gasteiger partial charge in [-0.25, -0.2) is 4.79 Å². The van der Waals surface area contributed by atoms with Gasteiger partial charge in [-0.1, -0.05) is 0 Å². The summed E-state index contributed by atoms with van der Waals surface area (Å²) in [4.78, 5) is 22.1. The van der Waals surface area contributed by atoms with Crippen LogP contribution in [-0.2, 0) is 4.74 Å². The fourth-order valence-electron chi connectivity index (χ4n) is 2.36. The van der Waals surface area contributed by atoms with Crippen LogP contribution in [0.5, 0.6) is 0 Å². The highest BCUT2D eigenvalue weighted by molar-refractivity contribution is 5.68. The van der Waals surface area contributed by atoms with E-state index in [9.17, 15) is 4.79 Å². The molecule has 0 aromatic carbocycles. The normalized spacial score (nSPS) is 20.4. The molecule has 1 aliphatic rings. The average molecular weight is 292 g/mol. The lowest BCUT2D eigenvalue weighted by molar-refractivity contribution is 0.0290. The molecule has 0 aliphatic carbocycles. The number of aromatic nitrogens is 2. The van der Waals surface area contributed by atoms with Gasteiger partial charge in [0.1, 0.15) is 5.60 Å². The van der Waals surface area contributed by atoms with E-state index in [-0.39, 0.29) is 18.2 Å². The fourth-order valence-corrected chi connectivity index (χ4v) is 2.36. The van der Waals surface area contributed by atoms with Crippen LogP contribution < -0.4 is 5.32 Å². The van der Waals surface area contributed by atoms with Crippen molar-refractivity contribution in [3.05, 3.63) is 24.3 Å². The van der Waals surface area contributed by atoms with E-state index in [4.69, 9.17) is 4.74 Å². The molecule has 21 heavy (non-hydrogen) atoms. The molecule has 0 spiro atoms. The van der Waals surface area contributed by atoms with Crippen molar-refractivity contribution in [2.45, 2.75) is 51.8 Å². The molecule has 0 unspecified atom stereocenters. The van der Waals surface area contributed by atoms with Gasteiger partial charge in [0.15, 0.2) is 0 Å². The Hall–Kier alpha value is -1.69. The summed E-state index contributed by atoms with van der Waals surface area (Å²) in [6.07, 6.45) is 5.80. The lowest BCUT2D eigenvalue weighted by atomic mass is 10.2. The largest absolute Gasteiger partial charge is 0.444 e. The standard InChI is InChI=1S/C15H24N4O2/c1-11(13-9-16-6-7-17-13)18-12-5-8-19(10-12)14(20)21-15(2,3)4/h6-7,9,11-12,18H,5,8,10H2,1-4H3/t11-,12-/m1/s1. The Morgan fingerprint density at radius 2 is 2.24 bits per heavy atom. The first-order valence-corrected chi connectivity index (χ1v) is 7.35. The van der Waals surface area contributed by atoms with Crippen LogP contribution in [0.25, 0.3) is 0 Å². The number of likely N-dealkylation sites (tertiary alicyclic amines) is 1. The number of ether oxygens (including phenoxy) is 1. The molecule has 1 aromatic rings. The summed E-state index contributed by atoms with van der Waals surface area (Å²) in [6.45, 7) is 9.09. The highest BCUT2D eigenvalue weighted by Gasteiger charge is 2.30. The van der Waals surface area contributed by atoms with E-state index in [0.717, 1.165) is 18.7 Å². The van der Waals surface area contributed by atoms with Crippen LogP contribution in [0.4, 0.5) is 4.79 Å². The van der Waals surface area contributed by atoms with Gasteiger partial charge < -0.3 is 15.0 Å². The smallest absolute Gasteiger partial charge is 0.410 e. The average Bonchev–Trinajstić information content (AvgIpc) is 2.86. The van der Waals surface area contributed by atoms with Gasteiger partial charge in [-0.15, -0.1) is 0 Å². The molecule has 1 fully saturated rings. The van der Waals surface area contributed by atoms with Crippen LogP contribution >= 0.6 is 0 Å². The second-order valence-corrected chi connectivity index (χ2v) is 6.43. The number of hydrogen-bond acceptors (Lipinski definition) is 5. The minimum absolute atomic E-state index is 0.113. The van der Waals surface area contributed by atoms with E-state index < -0.39 is 5.60 Å². The van der Waals surface area contributed by atoms with Crippen molar-refractivity contribution in [3.8, 4) is 0 Å². The monoisotopic (exact) mass is 292 g/mol. The fraction of sp³-hybridized carbons (Fsp3) is 0.667. The van der Waals surface area contributed by atoms with E-state index in [2.05, 4.69) is 22.2 Å². The lowest BCUT2D eigenvalue weighted by Crippen LogP contribution is -2.39. The predicted octanol–water partition coefficient (Wildman–Crippen LogP) is 2.14. The van der Waals surface area contributed by atoms with Crippen molar-refractivity contribution in [2.24, 2.45) is 0 Å². The van der Waals surface area contributed by atoms with Crippen molar-refractivity contribution in [1.82, 2.24) is 20.2 Å². The molecule has 0 radical (unpaired) electrons. The first kappa shape index (κ1) is 15.7. The Kier molecular flexibility index (Phi) is 4.77. The van der Waals surface area contributed by atoms with Crippen molar-refractivity contribution >= 4 is 6.09 Å². The maximum Gasteiger partial charge on any atom is 0.410 e. The van der Waals surface area contributed by atoms with E-state index in [1.54, 1.807) is 23.5 Å². The van der Waals surface area contributed by atoms with Crippen LogP contribution in [-0.4, -0.2) is 45.7 Å². The SMILES string of the molecule is C[C@@H](N[C@@H]1CCN(C(=O)OC(C)(C)C)C1)c1cnccn1. The predicted molar refractivity (Wildman–Crippen MR) is 79.8 cm³/mol. The number of nitrogens with zero attached hydrogens (tertiary/aromatic N) is 3. The molecular weight excluding hydrogens is 268 g/mol. The van der Waals surface area contributed by atoms with Crippen LogP contribution in [0.15, 0.2) is 18.6 Å². The van der Waals surface area contributed by atoms with Gasteiger partial charge in [-0.2, -0.15) is 0 Å². The van der Waals surface area contributed by atoms with E-state index in [1.165, 1.54) is 0 Å². The molecule has 1 N–H and O–H groups in total. The molecule has 2 atom stereocenters. The van der Waals surface area contributed by atoms with Crippen LogP contribution in [0.1, 0.15) is 45.9 Å². The Balaban J connectivity index is 1.84. The quantitative estimate of drug-likeness (QED) is 0.924. The third-order valence-corrected chi connectivity index (χ3v) is 3.35. The minimum atomic E-state index is -0.449. The molecule has 116 valence electrons. The molecule has 2 rings (SSSR count). The molecule has 2 heterocycles. The summed E-state index contributed by atoms with van der Waals surface area (Å²) < 4.78 is 5.40. The van der Waals surface area contributed by atoms with Gasteiger partial charge in [-0.05, 0) is 34.1 Å². The molecule has 1 amide bonds. The van der Waals surface area contributed by atoms with E-state index >= 15 is 0 Å². The van der Waals surface area contributed by atoms with Crippen molar-refractivity contribution in [1.29, 1.82) is 0 Å². The molecule has 0 bridgehead atoms. The van der Waals surface area contributed by atoms with E-state index in [1.807, 2.05) is 20.8 Å². The molecule has 0 saturated carbocycles. The van der Waals surface area contributed by atoms with Gasteiger partial charge in [-0.3, -0.25) is 9.97 Å². The zero-order valence-electron chi connectivity index (χ0n) is 13.2.